The van der Waals surface area contributed by atoms with Gasteiger partial charge in [0.25, 0.3) is 5.91 Å². The number of aryl methyl sites for hydroxylation is 1. The lowest BCUT2D eigenvalue weighted by molar-refractivity contribution is 0.0938. The van der Waals surface area contributed by atoms with Gasteiger partial charge in [-0.2, -0.15) is 0 Å². The second-order valence-electron chi connectivity index (χ2n) is 4.84. The molecule has 1 unspecified atom stereocenters. The number of carbonyl (C=O) groups is 1. The third kappa shape index (κ3) is 3.67. The van der Waals surface area contributed by atoms with Crippen molar-refractivity contribution in [3.8, 4) is 0 Å². The van der Waals surface area contributed by atoms with Crippen LogP contribution in [-0.4, -0.2) is 5.91 Å². The van der Waals surface area contributed by atoms with Crippen molar-refractivity contribution < 1.29 is 13.6 Å². The Hall–Kier alpha value is -1.75. The van der Waals surface area contributed by atoms with Crippen LogP contribution in [0.2, 0.25) is 0 Å². The van der Waals surface area contributed by atoms with Crippen molar-refractivity contribution in [2.45, 2.75) is 19.9 Å². The molecule has 0 aliphatic heterocycles. The molecule has 1 amide bonds. The van der Waals surface area contributed by atoms with E-state index in [4.69, 9.17) is 0 Å². The molecule has 1 atom stereocenters. The summed E-state index contributed by atoms with van der Waals surface area (Å²) in [7, 11) is 0. The molecule has 0 saturated heterocycles. The lowest BCUT2D eigenvalue weighted by Gasteiger charge is -2.16. The molecule has 0 aliphatic rings. The number of nitrogens with one attached hydrogen (secondary N) is 1. The highest BCUT2D eigenvalue weighted by molar-refractivity contribution is 9.10. The standard InChI is InChI=1S/C16H14BrF2NO/c1-9-3-5-13(14(17)7-9)16(21)20-10(2)12-6-4-11(18)8-15(12)19/h3-8,10H,1-2H3,(H,20,21). The molecule has 0 spiro atoms. The fraction of sp³-hybridized carbons (Fsp3) is 0.188. The molecular weight excluding hydrogens is 340 g/mol. The van der Waals surface area contributed by atoms with Crippen LogP contribution >= 0.6 is 15.9 Å². The van der Waals surface area contributed by atoms with Gasteiger partial charge in [-0.25, -0.2) is 8.78 Å². The first kappa shape index (κ1) is 15.6. The first-order valence-corrected chi connectivity index (χ1v) is 7.19. The van der Waals surface area contributed by atoms with E-state index in [1.165, 1.54) is 12.1 Å². The van der Waals surface area contributed by atoms with E-state index >= 15 is 0 Å². The van der Waals surface area contributed by atoms with Gasteiger partial charge in [0.2, 0.25) is 0 Å². The number of carbonyl (C=O) groups excluding carboxylic acids is 1. The van der Waals surface area contributed by atoms with Gasteiger partial charge >= 0.3 is 0 Å². The average molecular weight is 354 g/mol. The van der Waals surface area contributed by atoms with Crippen LogP contribution < -0.4 is 5.32 Å². The Kier molecular flexibility index (Phi) is 4.73. The third-order valence-electron chi connectivity index (χ3n) is 3.15. The second kappa shape index (κ2) is 6.35. The predicted octanol–water partition coefficient (Wildman–Crippen LogP) is 4.53. The van der Waals surface area contributed by atoms with Crippen LogP contribution in [0.15, 0.2) is 40.9 Å². The van der Waals surface area contributed by atoms with Gasteiger partial charge in [-0.15, -0.1) is 0 Å². The van der Waals surface area contributed by atoms with Crippen LogP contribution in [0.5, 0.6) is 0 Å². The Labute approximate surface area is 130 Å². The second-order valence-corrected chi connectivity index (χ2v) is 5.70. The maximum Gasteiger partial charge on any atom is 0.252 e. The van der Waals surface area contributed by atoms with Gasteiger partial charge in [-0.1, -0.05) is 12.1 Å². The molecule has 0 aromatic heterocycles. The molecule has 21 heavy (non-hydrogen) atoms. The molecule has 0 saturated carbocycles. The largest absolute Gasteiger partial charge is 0.345 e. The van der Waals surface area contributed by atoms with Gasteiger partial charge in [0, 0.05) is 16.1 Å². The van der Waals surface area contributed by atoms with E-state index in [1.807, 2.05) is 19.1 Å². The van der Waals surface area contributed by atoms with Crippen LogP contribution in [0.25, 0.3) is 0 Å². The van der Waals surface area contributed by atoms with Gasteiger partial charge in [0.1, 0.15) is 11.6 Å². The van der Waals surface area contributed by atoms with Gasteiger partial charge in [-0.05, 0) is 53.5 Å². The zero-order valence-electron chi connectivity index (χ0n) is 11.6. The van der Waals surface area contributed by atoms with Crippen molar-refractivity contribution in [1.82, 2.24) is 5.32 Å². The van der Waals surface area contributed by atoms with Crippen molar-refractivity contribution >= 4 is 21.8 Å². The minimum Gasteiger partial charge on any atom is -0.345 e. The van der Waals surface area contributed by atoms with Crippen molar-refractivity contribution in [2.75, 3.05) is 0 Å². The van der Waals surface area contributed by atoms with E-state index in [9.17, 15) is 13.6 Å². The highest BCUT2D eigenvalue weighted by atomic mass is 79.9. The van der Waals surface area contributed by atoms with E-state index in [2.05, 4.69) is 21.2 Å². The van der Waals surface area contributed by atoms with Crippen LogP contribution in [-0.2, 0) is 0 Å². The van der Waals surface area contributed by atoms with E-state index in [-0.39, 0.29) is 11.5 Å². The first-order valence-electron chi connectivity index (χ1n) is 6.40. The molecule has 2 nitrogen and oxygen atoms in total. The van der Waals surface area contributed by atoms with Crippen molar-refractivity contribution in [3.05, 3.63) is 69.2 Å². The van der Waals surface area contributed by atoms with Gasteiger partial charge in [0.15, 0.2) is 0 Å². The Bertz CT molecular complexity index is 688. The first-order chi connectivity index (χ1) is 9.88. The van der Waals surface area contributed by atoms with Crippen molar-refractivity contribution in [1.29, 1.82) is 0 Å². The number of hydrogen-bond donors (Lipinski definition) is 1. The highest BCUT2D eigenvalue weighted by Gasteiger charge is 2.16. The molecule has 110 valence electrons. The van der Waals surface area contributed by atoms with E-state index < -0.39 is 17.7 Å². The number of amides is 1. The predicted molar refractivity (Wildman–Crippen MR) is 81.1 cm³/mol. The number of rotatable bonds is 3. The number of benzene rings is 2. The summed E-state index contributed by atoms with van der Waals surface area (Å²) in [6.07, 6.45) is 0. The minimum absolute atomic E-state index is 0.244. The Morgan fingerprint density at radius 1 is 1.19 bits per heavy atom. The topological polar surface area (TPSA) is 29.1 Å². The van der Waals surface area contributed by atoms with Crippen LogP contribution in [0, 0.1) is 18.6 Å². The maximum atomic E-state index is 13.7. The zero-order valence-corrected chi connectivity index (χ0v) is 13.2. The van der Waals surface area contributed by atoms with E-state index in [0.717, 1.165) is 11.6 Å². The monoisotopic (exact) mass is 353 g/mol. The van der Waals surface area contributed by atoms with Gasteiger partial charge < -0.3 is 5.32 Å². The molecule has 0 radical (unpaired) electrons. The summed E-state index contributed by atoms with van der Waals surface area (Å²) in [6, 6.07) is 8.09. The summed E-state index contributed by atoms with van der Waals surface area (Å²) in [5.41, 5.74) is 1.74. The molecule has 0 bridgehead atoms. The Morgan fingerprint density at radius 2 is 1.90 bits per heavy atom. The van der Waals surface area contributed by atoms with Crippen molar-refractivity contribution in [2.24, 2.45) is 0 Å². The average Bonchev–Trinajstić information content (AvgIpc) is 2.37. The molecule has 2 aromatic rings. The number of hydrogen-bond acceptors (Lipinski definition) is 1. The molecule has 5 heteroatoms. The van der Waals surface area contributed by atoms with Gasteiger partial charge in [-0.3, -0.25) is 4.79 Å². The van der Waals surface area contributed by atoms with E-state index in [0.29, 0.717) is 10.0 Å². The fourth-order valence-corrected chi connectivity index (χ4v) is 2.68. The number of halogens is 3. The Morgan fingerprint density at radius 3 is 2.52 bits per heavy atom. The minimum atomic E-state index is -0.675. The summed E-state index contributed by atoms with van der Waals surface area (Å²) in [6.45, 7) is 3.57. The molecule has 0 fully saturated rings. The summed E-state index contributed by atoms with van der Waals surface area (Å²) in [4.78, 5) is 12.2. The summed E-state index contributed by atoms with van der Waals surface area (Å²) >= 11 is 3.33. The molecule has 0 aliphatic carbocycles. The third-order valence-corrected chi connectivity index (χ3v) is 3.80. The van der Waals surface area contributed by atoms with Crippen LogP contribution in [0.4, 0.5) is 8.78 Å². The van der Waals surface area contributed by atoms with Crippen molar-refractivity contribution in [3.63, 3.8) is 0 Å². The molecule has 1 N–H and O–H groups in total. The summed E-state index contributed by atoms with van der Waals surface area (Å²) < 4.78 is 27.3. The summed E-state index contributed by atoms with van der Waals surface area (Å²) in [5, 5.41) is 2.70. The molecule has 2 rings (SSSR count). The molecule has 2 aromatic carbocycles. The smallest absolute Gasteiger partial charge is 0.252 e. The lowest BCUT2D eigenvalue weighted by Crippen LogP contribution is -2.27. The molecular formula is C16H14BrF2NO. The van der Waals surface area contributed by atoms with Gasteiger partial charge in [0.05, 0.1) is 11.6 Å². The maximum absolute atomic E-state index is 13.7. The highest BCUT2D eigenvalue weighted by Crippen LogP contribution is 2.21. The fourth-order valence-electron chi connectivity index (χ4n) is 2.01. The summed E-state index contributed by atoms with van der Waals surface area (Å²) in [5.74, 6) is -1.64. The molecule has 0 heterocycles. The lowest BCUT2D eigenvalue weighted by atomic mass is 10.1. The SMILES string of the molecule is Cc1ccc(C(=O)NC(C)c2ccc(F)cc2F)c(Br)c1. The normalized spacial score (nSPS) is 12.0. The van der Waals surface area contributed by atoms with E-state index in [1.54, 1.807) is 13.0 Å². The van der Waals surface area contributed by atoms with Crippen LogP contribution in [0.1, 0.15) is 34.5 Å². The van der Waals surface area contributed by atoms with Crippen LogP contribution in [0.3, 0.4) is 0 Å². The zero-order chi connectivity index (χ0) is 15.6. The quantitative estimate of drug-likeness (QED) is 0.862. The Balaban J connectivity index is 2.18.